The fourth-order valence-corrected chi connectivity index (χ4v) is 5.29. The molecule has 2 heterocycles. The van der Waals surface area contributed by atoms with Gasteiger partial charge in [-0.25, -0.2) is 0 Å². The highest BCUT2D eigenvalue weighted by Crippen LogP contribution is 2.54. The normalized spacial score (nSPS) is 28.2. The van der Waals surface area contributed by atoms with Crippen LogP contribution in [0.1, 0.15) is 29.5 Å². The standard InChI is InChI=1S/C23H21ClO4/c1-11-8-15(27-14-5-3-4-13(24)10-14)9-12(2)18(11)21-22(25)19-16-6-7-17(28-16)20(19)23(21)26/h3-5,8-10,16-17,19-20,25H,6-7H2,1-2H3/t16-,17+,19-,20+/m1/s1. The van der Waals surface area contributed by atoms with Crippen molar-refractivity contribution in [2.45, 2.75) is 38.9 Å². The number of hydrogen-bond donors (Lipinski definition) is 1. The molecule has 2 bridgehead atoms. The van der Waals surface area contributed by atoms with E-state index in [1.165, 1.54) is 0 Å². The highest BCUT2D eigenvalue weighted by atomic mass is 35.5. The molecule has 2 aromatic rings. The van der Waals surface area contributed by atoms with Gasteiger partial charge in [-0.3, -0.25) is 4.79 Å². The summed E-state index contributed by atoms with van der Waals surface area (Å²) in [6.45, 7) is 3.89. The number of halogens is 1. The summed E-state index contributed by atoms with van der Waals surface area (Å²) in [5, 5.41) is 11.5. The second-order valence-corrected chi connectivity index (χ2v) is 8.39. The molecule has 0 unspecified atom stereocenters. The van der Waals surface area contributed by atoms with Crippen LogP contribution in [0.5, 0.6) is 11.5 Å². The molecule has 0 saturated carbocycles. The number of Topliss-reactive ketones (excluding diaryl/α,β-unsaturated/α-hetero) is 1. The Morgan fingerprint density at radius 1 is 1.04 bits per heavy atom. The average molecular weight is 397 g/mol. The number of ketones is 1. The van der Waals surface area contributed by atoms with Gasteiger partial charge >= 0.3 is 0 Å². The average Bonchev–Trinajstić information content (AvgIpc) is 3.31. The van der Waals surface area contributed by atoms with Crippen LogP contribution in [0.2, 0.25) is 5.02 Å². The Bertz CT molecular complexity index is 1000. The van der Waals surface area contributed by atoms with Gasteiger partial charge in [0.25, 0.3) is 0 Å². The van der Waals surface area contributed by atoms with Crippen LogP contribution in [-0.2, 0) is 9.53 Å². The highest BCUT2D eigenvalue weighted by Gasteiger charge is 2.59. The maximum absolute atomic E-state index is 13.2. The molecule has 1 aliphatic carbocycles. The number of carbonyl (C=O) groups excluding carboxylic acids is 1. The molecule has 4 nitrogen and oxygen atoms in total. The molecule has 28 heavy (non-hydrogen) atoms. The predicted molar refractivity (Wildman–Crippen MR) is 107 cm³/mol. The van der Waals surface area contributed by atoms with Crippen LogP contribution in [0.3, 0.4) is 0 Å². The summed E-state index contributed by atoms with van der Waals surface area (Å²) in [4.78, 5) is 13.2. The van der Waals surface area contributed by atoms with E-state index in [9.17, 15) is 9.90 Å². The Morgan fingerprint density at radius 3 is 2.36 bits per heavy atom. The van der Waals surface area contributed by atoms with E-state index in [1.807, 2.05) is 38.1 Å². The minimum atomic E-state index is -0.227. The molecule has 2 aliphatic heterocycles. The molecule has 0 spiro atoms. The summed E-state index contributed by atoms with van der Waals surface area (Å²) < 4.78 is 11.8. The largest absolute Gasteiger partial charge is 0.511 e. The lowest BCUT2D eigenvalue weighted by atomic mass is 9.80. The Kier molecular flexibility index (Phi) is 4.04. The van der Waals surface area contributed by atoms with Gasteiger partial charge in [0.15, 0.2) is 5.78 Å². The Labute approximate surface area is 168 Å². The number of aliphatic hydroxyl groups excluding tert-OH is 1. The van der Waals surface area contributed by atoms with E-state index in [4.69, 9.17) is 21.1 Å². The van der Waals surface area contributed by atoms with Gasteiger partial charge in [0.05, 0.1) is 29.6 Å². The molecular formula is C23H21ClO4. The number of rotatable bonds is 3. The molecule has 0 radical (unpaired) electrons. The molecule has 5 heteroatoms. The van der Waals surface area contributed by atoms with E-state index >= 15 is 0 Å². The number of hydrogen-bond acceptors (Lipinski definition) is 4. The fraction of sp³-hybridized carbons (Fsp3) is 0.348. The molecule has 4 atom stereocenters. The van der Waals surface area contributed by atoms with E-state index in [1.54, 1.807) is 12.1 Å². The van der Waals surface area contributed by atoms with Crippen LogP contribution in [0.25, 0.3) is 5.57 Å². The van der Waals surface area contributed by atoms with Crippen LogP contribution in [0.4, 0.5) is 0 Å². The summed E-state index contributed by atoms with van der Waals surface area (Å²) in [5.41, 5.74) is 3.09. The first-order valence-electron chi connectivity index (χ1n) is 9.62. The second kappa shape index (κ2) is 6.36. The minimum absolute atomic E-state index is 0.0180. The predicted octanol–water partition coefficient (Wildman–Crippen LogP) is 5.39. The molecule has 2 saturated heterocycles. The van der Waals surface area contributed by atoms with Crippen molar-refractivity contribution in [3.8, 4) is 11.5 Å². The van der Waals surface area contributed by atoms with E-state index < -0.39 is 0 Å². The topological polar surface area (TPSA) is 55.8 Å². The maximum Gasteiger partial charge on any atom is 0.173 e. The number of aliphatic hydroxyl groups is 1. The van der Waals surface area contributed by atoms with Crippen molar-refractivity contribution in [1.29, 1.82) is 0 Å². The molecule has 1 N–H and O–H groups in total. The lowest BCUT2D eigenvalue weighted by Gasteiger charge is -2.19. The van der Waals surface area contributed by atoms with Crippen LogP contribution in [0, 0.1) is 25.7 Å². The minimum Gasteiger partial charge on any atom is -0.511 e. The maximum atomic E-state index is 13.2. The third-order valence-corrected chi connectivity index (χ3v) is 6.42. The van der Waals surface area contributed by atoms with Gasteiger partial charge in [-0.15, -0.1) is 0 Å². The van der Waals surface area contributed by atoms with Gasteiger partial charge in [-0.2, -0.15) is 0 Å². The Balaban J connectivity index is 1.52. The second-order valence-electron chi connectivity index (χ2n) is 7.96. The van der Waals surface area contributed by atoms with Gasteiger partial charge in [0.2, 0.25) is 0 Å². The number of benzene rings is 2. The van der Waals surface area contributed by atoms with Crippen molar-refractivity contribution < 1.29 is 19.4 Å². The van der Waals surface area contributed by atoms with Crippen LogP contribution < -0.4 is 4.74 Å². The number of fused-ring (bicyclic) bond motifs is 5. The number of allylic oxidation sites excluding steroid dienone is 1. The van der Waals surface area contributed by atoms with Crippen molar-refractivity contribution in [1.82, 2.24) is 0 Å². The summed E-state index contributed by atoms with van der Waals surface area (Å²) in [7, 11) is 0. The zero-order valence-corrected chi connectivity index (χ0v) is 16.5. The van der Waals surface area contributed by atoms with Crippen LogP contribution >= 0.6 is 11.6 Å². The number of aryl methyl sites for hydroxylation is 2. The quantitative estimate of drug-likeness (QED) is 0.755. The van der Waals surface area contributed by atoms with Crippen molar-refractivity contribution in [3.05, 3.63) is 63.9 Å². The Hall–Kier alpha value is -2.30. The summed E-state index contributed by atoms with van der Waals surface area (Å²) in [6, 6.07) is 11.0. The SMILES string of the molecule is Cc1cc(Oc2cccc(Cl)c2)cc(C)c1C1=C(O)[C@H]2[C@@H](C1=O)[C@@H]1CC[C@H]2O1. The molecule has 2 aromatic carbocycles. The van der Waals surface area contributed by atoms with Crippen LogP contribution in [0.15, 0.2) is 42.2 Å². The summed E-state index contributed by atoms with van der Waals surface area (Å²) >= 11 is 6.03. The lowest BCUT2D eigenvalue weighted by Crippen LogP contribution is -2.29. The third kappa shape index (κ3) is 2.59. The monoisotopic (exact) mass is 396 g/mol. The van der Waals surface area contributed by atoms with Crippen LogP contribution in [-0.4, -0.2) is 23.1 Å². The van der Waals surface area contributed by atoms with Gasteiger partial charge < -0.3 is 14.6 Å². The molecule has 5 rings (SSSR count). The summed E-state index contributed by atoms with van der Waals surface area (Å²) in [6.07, 6.45) is 1.75. The fourth-order valence-electron chi connectivity index (χ4n) is 5.11. The number of carbonyl (C=O) groups is 1. The number of ether oxygens (including phenoxy) is 2. The van der Waals surface area contributed by atoms with Crippen molar-refractivity contribution in [3.63, 3.8) is 0 Å². The molecule has 2 fully saturated rings. The van der Waals surface area contributed by atoms with Gasteiger partial charge in [0, 0.05) is 5.02 Å². The van der Waals surface area contributed by atoms with Gasteiger partial charge in [-0.05, 0) is 73.7 Å². The third-order valence-electron chi connectivity index (χ3n) is 6.18. The lowest BCUT2D eigenvalue weighted by molar-refractivity contribution is -0.118. The zero-order valence-electron chi connectivity index (χ0n) is 15.7. The molecule has 0 amide bonds. The Morgan fingerprint density at radius 2 is 1.71 bits per heavy atom. The molecule has 144 valence electrons. The highest BCUT2D eigenvalue weighted by molar-refractivity contribution is 6.30. The first kappa shape index (κ1) is 17.8. The van der Waals surface area contributed by atoms with E-state index in [0.29, 0.717) is 22.1 Å². The van der Waals surface area contributed by atoms with E-state index in [0.717, 1.165) is 29.5 Å². The van der Waals surface area contributed by atoms with Crippen molar-refractivity contribution >= 4 is 23.0 Å². The molecule has 3 aliphatic rings. The summed E-state index contributed by atoms with van der Waals surface area (Å²) in [5.74, 6) is 1.15. The van der Waals surface area contributed by atoms with Crippen molar-refractivity contribution in [2.75, 3.05) is 0 Å². The first-order chi connectivity index (χ1) is 13.4. The first-order valence-corrected chi connectivity index (χ1v) is 9.99. The molecular weight excluding hydrogens is 376 g/mol. The zero-order chi connectivity index (χ0) is 19.6. The molecule has 0 aromatic heterocycles. The van der Waals surface area contributed by atoms with Gasteiger partial charge in [-0.1, -0.05) is 17.7 Å². The smallest absolute Gasteiger partial charge is 0.173 e. The van der Waals surface area contributed by atoms with E-state index in [-0.39, 0.29) is 35.6 Å². The van der Waals surface area contributed by atoms with E-state index in [2.05, 4.69) is 0 Å². The van der Waals surface area contributed by atoms with Gasteiger partial charge in [0.1, 0.15) is 17.3 Å². The van der Waals surface area contributed by atoms with Crippen molar-refractivity contribution in [2.24, 2.45) is 11.8 Å².